The monoisotopic (exact) mass is 340 g/mol. The Morgan fingerprint density at radius 3 is 3.00 bits per heavy atom. The van der Waals surface area contributed by atoms with Crippen LogP contribution >= 0.6 is 0 Å². The van der Waals surface area contributed by atoms with Gasteiger partial charge in [0, 0.05) is 24.7 Å². The summed E-state index contributed by atoms with van der Waals surface area (Å²) in [6.45, 7) is 1.24. The van der Waals surface area contributed by atoms with E-state index < -0.39 is 0 Å². The fourth-order valence-corrected chi connectivity index (χ4v) is 3.38. The van der Waals surface area contributed by atoms with E-state index in [0.717, 1.165) is 24.8 Å². The van der Waals surface area contributed by atoms with Crippen molar-refractivity contribution in [2.24, 2.45) is 0 Å². The zero-order valence-electron chi connectivity index (χ0n) is 13.9. The number of anilines is 1. The summed E-state index contributed by atoms with van der Waals surface area (Å²) in [5, 5.41) is 9.43. The normalized spacial score (nSPS) is 16.5. The molecule has 0 radical (unpaired) electrons. The maximum absolute atomic E-state index is 12.1. The van der Waals surface area contributed by atoms with Gasteiger partial charge in [0.2, 0.25) is 11.8 Å². The summed E-state index contributed by atoms with van der Waals surface area (Å²) in [6.07, 6.45) is 4.27. The van der Waals surface area contributed by atoms with Gasteiger partial charge in [-0.25, -0.2) is 4.79 Å². The number of nitrogens with zero attached hydrogens (tertiary/aromatic N) is 2. The van der Waals surface area contributed by atoms with Crippen molar-refractivity contribution in [2.75, 3.05) is 25.0 Å². The molecule has 0 spiro atoms. The molecule has 1 aromatic heterocycles. The molecule has 0 atom stereocenters. The van der Waals surface area contributed by atoms with Crippen LogP contribution in [0.15, 0.2) is 28.8 Å². The van der Waals surface area contributed by atoms with Gasteiger partial charge in [0.05, 0.1) is 0 Å². The third-order valence-corrected chi connectivity index (χ3v) is 4.67. The van der Waals surface area contributed by atoms with Crippen molar-refractivity contribution in [1.82, 2.24) is 15.4 Å². The van der Waals surface area contributed by atoms with Crippen molar-refractivity contribution in [3.63, 3.8) is 0 Å². The predicted octanol–water partition coefficient (Wildman–Crippen LogP) is 2.18. The number of nitrogens with one attached hydrogen (secondary N) is 2. The minimum atomic E-state index is -0.297. The highest BCUT2D eigenvalue weighted by atomic mass is 16.5. The van der Waals surface area contributed by atoms with Crippen LogP contribution < -0.4 is 10.6 Å². The molecule has 1 saturated heterocycles. The highest BCUT2D eigenvalue weighted by Crippen LogP contribution is 2.28. The number of aryl methyl sites for hydroxylation is 2. The lowest BCUT2D eigenvalue weighted by Crippen LogP contribution is -2.49. The molecule has 7 heteroatoms. The molecule has 0 bridgehead atoms. The van der Waals surface area contributed by atoms with Gasteiger partial charge >= 0.3 is 6.03 Å². The number of benzene rings is 1. The molecule has 2 aromatic rings. The van der Waals surface area contributed by atoms with Crippen LogP contribution in [0.25, 0.3) is 11.3 Å². The van der Waals surface area contributed by atoms with Crippen LogP contribution in [0.1, 0.15) is 24.0 Å². The van der Waals surface area contributed by atoms with Gasteiger partial charge in [0.15, 0.2) is 0 Å². The van der Waals surface area contributed by atoms with E-state index in [1.807, 2.05) is 6.07 Å². The van der Waals surface area contributed by atoms with Gasteiger partial charge in [-0.15, -0.1) is 0 Å². The Morgan fingerprint density at radius 1 is 1.24 bits per heavy atom. The van der Waals surface area contributed by atoms with Crippen LogP contribution in [-0.2, 0) is 17.6 Å². The molecule has 3 amide bonds. The van der Waals surface area contributed by atoms with E-state index in [4.69, 9.17) is 4.52 Å². The summed E-state index contributed by atoms with van der Waals surface area (Å²) in [6, 6.07) is 7.82. The molecule has 1 fully saturated rings. The fraction of sp³-hybridized carbons (Fsp3) is 0.389. The molecule has 1 aliphatic heterocycles. The third-order valence-electron chi connectivity index (χ3n) is 4.67. The molecule has 1 aliphatic carbocycles. The van der Waals surface area contributed by atoms with Crippen LogP contribution in [0.4, 0.5) is 10.7 Å². The van der Waals surface area contributed by atoms with Crippen LogP contribution in [0.5, 0.6) is 0 Å². The lowest BCUT2D eigenvalue weighted by atomic mass is 10.0. The number of hydrogen-bond acceptors (Lipinski definition) is 4. The molecule has 4 rings (SSSR count). The van der Waals surface area contributed by atoms with Gasteiger partial charge in [-0.1, -0.05) is 17.3 Å². The third kappa shape index (κ3) is 3.35. The summed E-state index contributed by atoms with van der Waals surface area (Å²) in [4.78, 5) is 25.3. The smallest absolute Gasteiger partial charge is 0.317 e. The van der Waals surface area contributed by atoms with Gasteiger partial charge in [0.25, 0.3) is 0 Å². The lowest BCUT2D eigenvalue weighted by molar-refractivity contribution is -0.117. The Hall–Kier alpha value is -2.83. The van der Waals surface area contributed by atoms with Crippen LogP contribution in [0.2, 0.25) is 0 Å². The van der Waals surface area contributed by atoms with Crippen LogP contribution in [0.3, 0.4) is 0 Å². The molecule has 130 valence electrons. The average Bonchev–Trinajstić information content (AvgIpc) is 3.25. The standard InChI is InChI=1S/C18H20N4O3/c23-16(11-22-8-2-7-19-18(22)24)20-17-10-15(21-25-17)14-6-5-12-3-1-4-13(12)9-14/h5-6,9-10H,1-4,7-8,11H2,(H,19,24)(H,20,23). The van der Waals surface area contributed by atoms with Crippen molar-refractivity contribution in [1.29, 1.82) is 0 Å². The van der Waals surface area contributed by atoms with Crippen molar-refractivity contribution >= 4 is 17.8 Å². The Labute approximate surface area is 145 Å². The Morgan fingerprint density at radius 2 is 2.12 bits per heavy atom. The summed E-state index contributed by atoms with van der Waals surface area (Å²) >= 11 is 0. The van der Waals surface area contributed by atoms with E-state index in [0.29, 0.717) is 18.8 Å². The average molecular weight is 340 g/mol. The number of urea groups is 1. The lowest BCUT2D eigenvalue weighted by Gasteiger charge is -2.26. The van der Waals surface area contributed by atoms with Gasteiger partial charge in [-0.3, -0.25) is 10.1 Å². The van der Waals surface area contributed by atoms with Crippen LogP contribution in [0, 0.1) is 0 Å². The first-order valence-corrected chi connectivity index (χ1v) is 8.60. The van der Waals surface area contributed by atoms with E-state index in [2.05, 4.69) is 27.9 Å². The maximum Gasteiger partial charge on any atom is 0.317 e. The molecule has 2 aliphatic rings. The number of hydrogen-bond donors (Lipinski definition) is 2. The minimum absolute atomic E-state index is 0.000706. The zero-order valence-corrected chi connectivity index (χ0v) is 13.9. The van der Waals surface area contributed by atoms with Crippen molar-refractivity contribution in [3.05, 3.63) is 35.4 Å². The van der Waals surface area contributed by atoms with Crippen LogP contribution in [-0.4, -0.2) is 41.6 Å². The van der Waals surface area contributed by atoms with Crippen molar-refractivity contribution < 1.29 is 14.1 Å². The molecule has 1 aromatic carbocycles. The quantitative estimate of drug-likeness (QED) is 0.893. The van der Waals surface area contributed by atoms with Crippen molar-refractivity contribution in [2.45, 2.75) is 25.7 Å². The molecule has 2 heterocycles. The van der Waals surface area contributed by atoms with Gasteiger partial charge in [0.1, 0.15) is 12.2 Å². The highest BCUT2D eigenvalue weighted by Gasteiger charge is 2.21. The Kier molecular flexibility index (Phi) is 4.13. The minimum Gasteiger partial charge on any atom is -0.338 e. The van der Waals surface area contributed by atoms with E-state index in [-0.39, 0.29) is 24.4 Å². The number of aromatic nitrogens is 1. The van der Waals surface area contributed by atoms with E-state index in [1.54, 1.807) is 6.07 Å². The van der Waals surface area contributed by atoms with Gasteiger partial charge < -0.3 is 14.7 Å². The van der Waals surface area contributed by atoms with E-state index >= 15 is 0 Å². The second-order valence-electron chi connectivity index (χ2n) is 6.47. The van der Waals surface area contributed by atoms with Crippen molar-refractivity contribution in [3.8, 4) is 11.3 Å². The topological polar surface area (TPSA) is 87.5 Å². The number of rotatable bonds is 4. The highest BCUT2D eigenvalue weighted by molar-refractivity contribution is 5.93. The van der Waals surface area contributed by atoms with Gasteiger partial charge in [-0.2, -0.15) is 0 Å². The number of carbonyl (C=O) groups excluding carboxylic acids is 2. The zero-order chi connectivity index (χ0) is 17.2. The molecular weight excluding hydrogens is 320 g/mol. The maximum atomic E-state index is 12.1. The predicted molar refractivity (Wildman–Crippen MR) is 92.2 cm³/mol. The first-order chi connectivity index (χ1) is 12.2. The molecule has 2 N–H and O–H groups in total. The molecule has 0 unspecified atom stereocenters. The van der Waals surface area contributed by atoms with Gasteiger partial charge in [-0.05, 0) is 42.9 Å². The Bertz CT molecular complexity index is 814. The molecule has 7 nitrogen and oxygen atoms in total. The number of amides is 3. The van der Waals surface area contributed by atoms with E-state index in [9.17, 15) is 9.59 Å². The first kappa shape index (κ1) is 15.7. The fourth-order valence-electron chi connectivity index (χ4n) is 3.38. The molecule has 0 saturated carbocycles. The second-order valence-corrected chi connectivity index (χ2v) is 6.47. The summed E-state index contributed by atoms with van der Waals surface area (Å²) in [5.74, 6) is -0.00776. The summed E-state index contributed by atoms with van der Waals surface area (Å²) < 4.78 is 5.22. The molecular formula is C18H20N4O3. The Balaban J connectivity index is 1.41. The number of fused-ring (bicyclic) bond motifs is 1. The largest absolute Gasteiger partial charge is 0.338 e. The summed E-state index contributed by atoms with van der Waals surface area (Å²) in [7, 11) is 0. The first-order valence-electron chi connectivity index (χ1n) is 8.60. The molecule has 25 heavy (non-hydrogen) atoms. The second kappa shape index (κ2) is 6.58. The summed E-state index contributed by atoms with van der Waals surface area (Å²) in [5.41, 5.74) is 4.45. The number of carbonyl (C=O) groups is 2. The van der Waals surface area contributed by atoms with E-state index in [1.165, 1.54) is 22.4 Å². The SMILES string of the molecule is O=C(CN1CCCNC1=O)Nc1cc(-c2ccc3c(c2)CCC3)no1.